The minimum Gasteiger partial charge on any atom is -0.324 e. The van der Waals surface area contributed by atoms with Gasteiger partial charge in [-0.15, -0.1) is 0 Å². The van der Waals surface area contributed by atoms with Crippen molar-refractivity contribution in [1.82, 2.24) is 29.4 Å². The fraction of sp³-hybridized carbons (Fsp3) is 0.421. The lowest BCUT2D eigenvalue weighted by Crippen LogP contribution is -2.41. The summed E-state index contributed by atoms with van der Waals surface area (Å²) in [6, 6.07) is 10.1. The third-order valence-electron chi connectivity index (χ3n) is 9.71. The molecule has 288 valence electrons. The van der Waals surface area contributed by atoms with E-state index in [0.29, 0.717) is 73.3 Å². The fourth-order valence-electron chi connectivity index (χ4n) is 6.76. The first-order valence-electron chi connectivity index (χ1n) is 17.8. The number of carbonyl (C=O) groups excluding carboxylic acids is 2. The quantitative estimate of drug-likeness (QED) is 0.243. The number of halogens is 4. The molecule has 0 saturated carbocycles. The number of nitrogens with zero attached hydrogens (tertiary/aromatic N) is 6. The van der Waals surface area contributed by atoms with Crippen LogP contribution >= 0.6 is 0 Å². The zero-order chi connectivity index (χ0) is 39.1. The van der Waals surface area contributed by atoms with E-state index in [-0.39, 0.29) is 29.1 Å². The van der Waals surface area contributed by atoms with Crippen LogP contribution in [0.2, 0.25) is 0 Å². The molecule has 2 saturated heterocycles. The number of nitrogens with one attached hydrogen (secondary N) is 2. The molecule has 6 rings (SSSR count). The van der Waals surface area contributed by atoms with Gasteiger partial charge >= 0.3 is 12.1 Å². The first-order valence-corrected chi connectivity index (χ1v) is 17.8. The predicted molar refractivity (Wildman–Crippen MR) is 195 cm³/mol. The van der Waals surface area contributed by atoms with Gasteiger partial charge in [0, 0.05) is 57.5 Å². The summed E-state index contributed by atoms with van der Waals surface area (Å²) in [6.07, 6.45) is 4.33. The summed E-state index contributed by atoms with van der Waals surface area (Å²) in [5, 5.41) is 13.5. The second-order valence-electron chi connectivity index (χ2n) is 13.9. The number of amides is 4. The highest BCUT2D eigenvalue weighted by molar-refractivity contribution is 5.88. The van der Waals surface area contributed by atoms with Crippen molar-refractivity contribution in [2.24, 2.45) is 25.9 Å². The molecule has 2 N–H and O–H groups in total. The van der Waals surface area contributed by atoms with Crippen LogP contribution in [0.1, 0.15) is 47.9 Å². The highest BCUT2D eigenvalue weighted by atomic mass is 19.2. The zero-order valence-corrected chi connectivity index (χ0v) is 30.7. The highest BCUT2D eigenvalue weighted by Gasteiger charge is 2.25. The summed E-state index contributed by atoms with van der Waals surface area (Å²) < 4.78 is 55.3. The van der Waals surface area contributed by atoms with Crippen molar-refractivity contribution in [3.05, 3.63) is 115 Å². The number of hydrogen-bond acceptors (Lipinski definition) is 6. The second-order valence-corrected chi connectivity index (χ2v) is 13.9. The number of piperidine rings is 2. The Labute approximate surface area is 309 Å². The van der Waals surface area contributed by atoms with Crippen LogP contribution in [0.4, 0.5) is 38.8 Å². The van der Waals surface area contributed by atoms with E-state index in [2.05, 4.69) is 20.8 Å². The minimum absolute atomic E-state index is 0.203. The Morgan fingerprint density at radius 1 is 0.630 bits per heavy atom. The number of anilines is 2. The van der Waals surface area contributed by atoms with Crippen LogP contribution in [0.5, 0.6) is 0 Å². The highest BCUT2D eigenvalue weighted by Crippen LogP contribution is 2.25. The van der Waals surface area contributed by atoms with Crippen LogP contribution in [0, 0.1) is 49.0 Å². The Balaban J connectivity index is 0.000000208. The third-order valence-corrected chi connectivity index (χ3v) is 9.71. The smallest absolute Gasteiger partial charge is 0.323 e. The summed E-state index contributed by atoms with van der Waals surface area (Å²) in [5.41, 5.74) is 2.01. The summed E-state index contributed by atoms with van der Waals surface area (Å²) >= 11 is 0. The maximum absolute atomic E-state index is 13.3. The first kappa shape index (κ1) is 39.7. The number of benzene rings is 2. The van der Waals surface area contributed by atoms with E-state index in [0.717, 1.165) is 43.4 Å². The molecule has 0 radical (unpaired) electrons. The second kappa shape index (κ2) is 17.5. The maximum Gasteiger partial charge on any atom is 0.323 e. The van der Waals surface area contributed by atoms with Gasteiger partial charge in [-0.3, -0.25) is 20.2 Å². The van der Waals surface area contributed by atoms with Gasteiger partial charge in [-0.1, -0.05) is 6.07 Å². The summed E-state index contributed by atoms with van der Waals surface area (Å²) in [4.78, 5) is 51.6. The number of aromatic nitrogens is 4. The SMILES string of the molecule is Cc1cc(NC(=O)N2CCC(Cc3cc(F)cc(F)c3)CC2)nn(C)c1=O.Cc1cc(NC(=O)N2CCC(Cc3ccc(F)c(F)c3)CC2)nn(C)c1=O. The van der Waals surface area contributed by atoms with Gasteiger partial charge in [-0.2, -0.15) is 10.2 Å². The van der Waals surface area contributed by atoms with Crippen molar-refractivity contribution in [3.63, 3.8) is 0 Å². The van der Waals surface area contributed by atoms with Crippen molar-refractivity contribution >= 4 is 23.7 Å². The first-order chi connectivity index (χ1) is 25.6. The largest absolute Gasteiger partial charge is 0.324 e. The number of hydrogen-bond donors (Lipinski definition) is 2. The molecule has 0 aliphatic carbocycles. The molecule has 2 aromatic carbocycles. The van der Waals surface area contributed by atoms with Crippen molar-refractivity contribution in [2.75, 3.05) is 36.8 Å². The maximum atomic E-state index is 13.3. The van der Waals surface area contributed by atoms with Crippen molar-refractivity contribution in [2.45, 2.75) is 52.4 Å². The number of urea groups is 2. The van der Waals surface area contributed by atoms with Crippen LogP contribution in [0.25, 0.3) is 0 Å². The molecular weight excluding hydrogens is 708 g/mol. The molecule has 4 amide bonds. The Kier molecular flexibility index (Phi) is 12.9. The van der Waals surface area contributed by atoms with E-state index in [1.54, 1.807) is 41.8 Å². The minimum atomic E-state index is -0.840. The number of likely N-dealkylation sites (tertiary alicyclic amines) is 2. The van der Waals surface area contributed by atoms with E-state index in [9.17, 15) is 36.7 Å². The van der Waals surface area contributed by atoms with E-state index in [1.807, 2.05) is 0 Å². The molecule has 16 heteroatoms. The van der Waals surface area contributed by atoms with E-state index in [4.69, 9.17) is 0 Å². The van der Waals surface area contributed by atoms with E-state index in [1.165, 1.54) is 41.7 Å². The number of rotatable bonds is 6. The molecule has 4 heterocycles. The molecule has 2 fully saturated rings. The Morgan fingerprint density at radius 2 is 1.06 bits per heavy atom. The summed E-state index contributed by atoms with van der Waals surface area (Å²) in [5.74, 6) is -1.55. The van der Waals surface area contributed by atoms with E-state index >= 15 is 0 Å². The molecule has 0 spiro atoms. The predicted octanol–water partition coefficient (Wildman–Crippen LogP) is 5.71. The van der Waals surface area contributed by atoms with Crippen LogP contribution in [0.15, 0.2) is 58.1 Å². The molecule has 0 unspecified atom stereocenters. The van der Waals surface area contributed by atoms with Gasteiger partial charge in [0.25, 0.3) is 11.1 Å². The van der Waals surface area contributed by atoms with Crippen LogP contribution < -0.4 is 21.8 Å². The Hall–Kier alpha value is -5.54. The summed E-state index contributed by atoms with van der Waals surface area (Å²) in [6.45, 7) is 5.60. The van der Waals surface area contributed by atoms with Crippen molar-refractivity contribution in [1.29, 1.82) is 0 Å². The molecule has 4 aromatic rings. The van der Waals surface area contributed by atoms with Crippen LogP contribution in [0.3, 0.4) is 0 Å². The number of carbonyl (C=O) groups is 2. The average molecular weight is 753 g/mol. The number of aryl methyl sites for hydroxylation is 4. The van der Waals surface area contributed by atoms with Gasteiger partial charge in [0.15, 0.2) is 23.3 Å². The van der Waals surface area contributed by atoms with Crippen molar-refractivity contribution < 1.29 is 27.2 Å². The van der Waals surface area contributed by atoms with Gasteiger partial charge in [0.1, 0.15) is 11.6 Å². The zero-order valence-electron chi connectivity index (χ0n) is 30.7. The van der Waals surface area contributed by atoms with Crippen LogP contribution in [-0.2, 0) is 26.9 Å². The lowest BCUT2D eigenvalue weighted by Gasteiger charge is -2.32. The molecule has 2 aliphatic rings. The molecule has 2 aliphatic heterocycles. The molecular formula is C38H44F4N8O4. The third kappa shape index (κ3) is 10.5. The molecule has 12 nitrogen and oxygen atoms in total. The summed E-state index contributed by atoms with van der Waals surface area (Å²) in [7, 11) is 3.07. The monoisotopic (exact) mass is 752 g/mol. The van der Waals surface area contributed by atoms with E-state index < -0.39 is 23.3 Å². The van der Waals surface area contributed by atoms with Gasteiger partial charge in [0.2, 0.25) is 0 Å². The van der Waals surface area contributed by atoms with Crippen molar-refractivity contribution in [3.8, 4) is 0 Å². The standard InChI is InChI=1S/2C19H22F2N4O2/c1-12-7-17(23-24(2)18(12)26)22-19(27)25-5-3-13(4-6-25)8-14-9-15(20)11-16(21)10-14;1-12-9-17(23-24(2)18(12)26)22-19(27)25-7-5-13(6-8-25)10-14-3-4-15(20)16(21)11-14/h7,9-11,13H,3-6,8H2,1-2H3,(H,22,23,27);3-4,9,11,13H,5-8,10H2,1-2H3,(H,22,23,27). The lowest BCUT2D eigenvalue weighted by molar-refractivity contribution is 0.181. The van der Waals surface area contributed by atoms with Gasteiger partial charge < -0.3 is 9.80 Å². The molecule has 54 heavy (non-hydrogen) atoms. The molecule has 0 bridgehead atoms. The Bertz CT molecular complexity index is 2040. The fourth-order valence-corrected chi connectivity index (χ4v) is 6.76. The van der Waals surface area contributed by atoms with Gasteiger partial charge in [-0.25, -0.2) is 36.5 Å². The lowest BCUT2D eigenvalue weighted by atomic mass is 9.90. The van der Waals surface area contributed by atoms with Crippen LogP contribution in [-0.4, -0.2) is 67.6 Å². The normalized spacial score (nSPS) is 15.0. The average Bonchev–Trinajstić information content (AvgIpc) is 3.11. The molecule has 0 atom stereocenters. The topological polar surface area (TPSA) is 134 Å². The molecule has 2 aromatic heterocycles. The van der Waals surface area contributed by atoms with Gasteiger partial charge in [-0.05, 0) is 112 Å². The Morgan fingerprint density at radius 3 is 1.46 bits per heavy atom. The van der Waals surface area contributed by atoms with Gasteiger partial charge in [0.05, 0.1) is 0 Å².